The van der Waals surface area contributed by atoms with Crippen molar-refractivity contribution >= 4 is 23.0 Å². The zero-order chi connectivity index (χ0) is 10.9. The number of nitrogens with zero attached hydrogens (tertiary/aromatic N) is 3. The lowest BCUT2D eigenvalue weighted by molar-refractivity contribution is 0.144. The minimum atomic E-state index is -0.127. The molecular weight excluding hydrogens is 198 g/mol. The highest BCUT2D eigenvalue weighted by molar-refractivity contribution is 8.13. The van der Waals surface area contributed by atoms with Crippen LogP contribution in [-0.2, 0) is 0 Å². The van der Waals surface area contributed by atoms with E-state index in [0.717, 1.165) is 5.17 Å². The topological polar surface area (TPSA) is 35.9 Å². The Morgan fingerprint density at radius 3 is 2.43 bits per heavy atom. The number of hydrogen-bond acceptors (Lipinski definition) is 3. The van der Waals surface area contributed by atoms with Crippen molar-refractivity contribution in [3.8, 4) is 0 Å². The predicted octanol–water partition coefficient (Wildman–Crippen LogP) is 1.83. The Kier molecular flexibility index (Phi) is 3.09. The van der Waals surface area contributed by atoms with Crippen LogP contribution in [-0.4, -0.2) is 46.5 Å². The first kappa shape index (κ1) is 11.4. The average Bonchev–Trinajstić information content (AvgIpc) is 2.07. The maximum absolute atomic E-state index is 11.9. The van der Waals surface area contributed by atoms with Crippen LogP contribution < -0.4 is 0 Å². The molecule has 0 bridgehead atoms. The van der Waals surface area contributed by atoms with E-state index in [1.807, 2.05) is 25.7 Å². The van der Waals surface area contributed by atoms with Gasteiger partial charge in [-0.3, -0.25) is 9.89 Å². The van der Waals surface area contributed by atoms with Crippen molar-refractivity contribution in [3.05, 3.63) is 0 Å². The quantitative estimate of drug-likeness (QED) is 0.618. The van der Waals surface area contributed by atoms with Gasteiger partial charge < -0.3 is 4.90 Å². The molecule has 2 amide bonds. The van der Waals surface area contributed by atoms with Gasteiger partial charge in [-0.25, -0.2) is 4.79 Å². The van der Waals surface area contributed by atoms with Crippen LogP contribution >= 0.6 is 11.8 Å². The van der Waals surface area contributed by atoms with Crippen LogP contribution in [0.2, 0.25) is 0 Å². The standard InChI is InChI=1S/C9H17N3OS/c1-9(2,3)12-6-14-7(10-4)11(5)8(12)13/h6H2,1-5H3/b10-7-. The molecule has 1 heterocycles. The summed E-state index contributed by atoms with van der Waals surface area (Å²) in [6.07, 6.45) is 0. The first-order valence-corrected chi connectivity index (χ1v) is 5.51. The summed E-state index contributed by atoms with van der Waals surface area (Å²) in [5, 5.41) is 0.788. The Balaban J connectivity index is 2.85. The van der Waals surface area contributed by atoms with Gasteiger partial charge in [0, 0.05) is 19.6 Å². The second kappa shape index (κ2) is 3.81. The van der Waals surface area contributed by atoms with Gasteiger partial charge in [0.1, 0.15) is 0 Å². The minimum Gasteiger partial charge on any atom is -0.310 e. The van der Waals surface area contributed by atoms with Crippen LogP contribution in [0.5, 0.6) is 0 Å². The molecule has 0 aromatic carbocycles. The molecule has 0 aliphatic carbocycles. The summed E-state index contributed by atoms with van der Waals surface area (Å²) >= 11 is 1.59. The van der Waals surface area contributed by atoms with Crippen molar-refractivity contribution in [2.75, 3.05) is 20.0 Å². The third kappa shape index (κ3) is 2.03. The van der Waals surface area contributed by atoms with Crippen molar-refractivity contribution in [2.45, 2.75) is 26.3 Å². The Hall–Kier alpha value is -0.710. The average molecular weight is 215 g/mol. The second-order valence-electron chi connectivity index (χ2n) is 4.22. The third-order valence-electron chi connectivity index (χ3n) is 2.13. The van der Waals surface area contributed by atoms with Crippen molar-refractivity contribution in [1.29, 1.82) is 0 Å². The first-order valence-electron chi connectivity index (χ1n) is 4.53. The number of urea groups is 1. The Morgan fingerprint density at radius 1 is 1.43 bits per heavy atom. The Labute approximate surface area is 89.4 Å². The van der Waals surface area contributed by atoms with E-state index in [1.54, 1.807) is 30.8 Å². The van der Waals surface area contributed by atoms with Crippen LogP contribution in [0.3, 0.4) is 0 Å². The summed E-state index contributed by atoms with van der Waals surface area (Å²) in [5.41, 5.74) is -0.127. The van der Waals surface area contributed by atoms with Gasteiger partial charge in [-0.2, -0.15) is 0 Å². The number of amidine groups is 1. The van der Waals surface area contributed by atoms with Crippen molar-refractivity contribution in [3.63, 3.8) is 0 Å². The number of aliphatic imine (C=N–C) groups is 1. The van der Waals surface area contributed by atoms with Gasteiger partial charge in [-0.05, 0) is 20.8 Å². The highest BCUT2D eigenvalue weighted by Crippen LogP contribution is 2.25. The first-order chi connectivity index (χ1) is 6.38. The highest BCUT2D eigenvalue weighted by atomic mass is 32.2. The monoisotopic (exact) mass is 215 g/mol. The predicted molar refractivity (Wildman–Crippen MR) is 60.6 cm³/mol. The van der Waals surface area contributed by atoms with Crippen molar-refractivity contribution < 1.29 is 4.79 Å². The summed E-state index contributed by atoms with van der Waals surface area (Å²) in [6, 6.07) is 0.0249. The van der Waals surface area contributed by atoms with Gasteiger partial charge in [0.2, 0.25) is 0 Å². The number of amides is 2. The van der Waals surface area contributed by atoms with Crippen LogP contribution in [0.25, 0.3) is 0 Å². The molecule has 4 nitrogen and oxygen atoms in total. The summed E-state index contributed by atoms with van der Waals surface area (Å²) < 4.78 is 0. The number of thioether (sulfide) groups is 1. The molecule has 0 saturated carbocycles. The third-order valence-corrected chi connectivity index (χ3v) is 3.23. The van der Waals surface area contributed by atoms with E-state index in [4.69, 9.17) is 0 Å². The van der Waals surface area contributed by atoms with Crippen LogP contribution in [0.15, 0.2) is 4.99 Å². The zero-order valence-corrected chi connectivity index (χ0v) is 10.2. The van der Waals surface area contributed by atoms with Gasteiger partial charge in [-0.1, -0.05) is 11.8 Å². The number of rotatable bonds is 0. The fourth-order valence-electron chi connectivity index (χ4n) is 1.23. The SMILES string of the molecule is C/N=C1\SCN(C(C)(C)C)C(=O)N1C. The molecule has 80 valence electrons. The molecule has 0 atom stereocenters. The normalized spacial score (nSPS) is 22.1. The molecule has 14 heavy (non-hydrogen) atoms. The molecule has 1 rings (SSSR count). The van der Waals surface area contributed by atoms with Gasteiger partial charge in [0.15, 0.2) is 5.17 Å². The molecule has 5 heteroatoms. The molecule has 0 radical (unpaired) electrons. The van der Waals surface area contributed by atoms with E-state index in [0.29, 0.717) is 5.88 Å². The molecule has 1 aliphatic heterocycles. The minimum absolute atomic E-state index is 0.0249. The highest BCUT2D eigenvalue weighted by Gasteiger charge is 2.34. The summed E-state index contributed by atoms with van der Waals surface area (Å²) in [4.78, 5) is 19.4. The second-order valence-corrected chi connectivity index (χ2v) is 5.13. The van der Waals surface area contributed by atoms with Crippen molar-refractivity contribution in [2.24, 2.45) is 4.99 Å². The molecule has 1 saturated heterocycles. The molecule has 1 aliphatic rings. The molecule has 0 N–H and O–H groups in total. The fraction of sp³-hybridized carbons (Fsp3) is 0.778. The Morgan fingerprint density at radius 2 is 2.00 bits per heavy atom. The molecule has 0 unspecified atom stereocenters. The van der Waals surface area contributed by atoms with Gasteiger partial charge >= 0.3 is 6.03 Å². The largest absolute Gasteiger partial charge is 0.326 e. The molecular formula is C9H17N3OS. The summed E-state index contributed by atoms with van der Waals surface area (Å²) in [6.45, 7) is 6.11. The van der Waals surface area contributed by atoms with E-state index < -0.39 is 0 Å². The van der Waals surface area contributed by atoms with E-state index in [9.17, 15) is 4.79 Å². The summed E-state index contributed by atoms with van der Waals surface area (Å²) in [7, 11) is 3.47. The fourth-order valence-corrected chi connectivity index (χ4v) is 2.38. The summed E-state index contributed by atoms with van der Waals surface area (Å²) in [5.74, 6) is 0.680. The van der Waals surface area contributed by atoms with E-state index in [1.165, 1.54) is 0 Å². The van der Waals surface area contributed by atoms with Crippen LogP contribution in [0, 0.1) is 0 Å². The lowest BCUT2D eigenvalue weighted by atomic mass is 10.1. The number of carbonyl (C=O) groups excluding carboxylic acids is 1. The molecule has 1 fully saturated rings. The maximum Gasteiger partial charge on any atom is 0.326 e. The van der Waals surface area contributed by atoms with E-state index in [-0.39, 0.29) is 11.6 Å². The zero-order valence-electron chi connectivity index (χ0n) is 9.37. The smallest absolute Gasteiger partial charge is 0.310 e. The maximum atomic E-state index is 11.9. The number of hydrogen-bond donors (Lipinski definition) is 0. The lowest BCUT2D eigenvalue weighted by Crippen LogP contribution is -2.55. The molecule has 0 aromatic heterocycles. The van der Waals surface area contributed by atoms with Crippen LogP contribution in [0.4, 0.5) is 4.79 Å². The van der Waals surface area contributed by atoms with Crippen molar-refractivity contribution in [1.82, 2.24) is 9.80 Å². The Bertz CT molecular complexity index is 270. The lowest BCUT2D eigenvalue weighted by Gasteiger charge is -2.41. The van der Waals surface area contributed by atoms with E-state index in [2.05, 4.69) is 4.99 Å². The van der Waals surface area contributed by atoms with Gasteiger partial charge in [0.25, 0.3) is 0 Å². The van der Waals surface area contributed by atoms with Crippen LogP contribution in [0.1, 0.15) is 20.8 Å². The van der Waals surface area contributed by atoms with Gasteiger partial charge in [0.05, 0.1) is 5.88 Å². The number of carbonyl (C=O) groups is 1. The van der Waals surface area contributed by atoms with Gasteiger partial charge in [-0.15, -0.1) is 0 Å². The van der Waals surface area contributed by atoms with E-state index >= 15 is 0 Å². The molecule has 0 aromatic rings. The molecule has 0 spiro atoms.